The van der Waals surface area contributed by atoms with Gasteiger partial charge in [0.1, 0.15) is 0 Å². The van der Waals surface area contributed by atoms with E-state index in [-0.39, 0.29) is 24.5 Å². The second-order valence-electron chi connectivity index (χ2n) is 6.78. The van der Waals surface area contributed by atoms with Crippen molar-refractivity contribution in [2.24, 2.45) is 11.8 Å². The van der Waals surface area contributed by atoms with E-state index in [1.54, 1.807) is 18.2 Å². The highest BCUT2D eigenvalue weighted by molar-refractivity contribution is 5.94. The predicted molar refractivity (Wildman–Crippen MR) is 95.1 cm³/mol. The van der Waals surface area contributed by atoms with Crippen LogP contribution in [0.1, 0.15) is 50.4 Å². The minimum absolute atomic E-state index is 0.137. The normalized spacial score (nSPS) is 22.8. The molecule has 25 heavy (non-hydrogen) atoms. The van der Waals surface area contributed by atoms with Crippen LogP contribution in [0.3, 0.4) is 0 Å². The van der Waals surface area contributed by atoms with Crippen LogP contribution >= 0.6 is 0 Å². The lowest BCUT2D eigenvalue weighted by atomic mass is 9.78. The molecule has 1 aromatic rings. The van der Waals surface area contributed by atoms with Crippen molar-refractivity contribution < 1.29 is 19.1 Å². The second-order valence-corrected chi connectivity index (χ2v) is 6.78. The minimum atomic E-state index is -0.590. The van der Waals surface area contributed by atoms with Crippen LogP contribution in [0.4, 0.5) is 5.69 Å². The van der Waals surface area contributed by atoms with Gasteiger partial charge in [-0.15, -0.1) is 0 Å². The number of ether oxygens (including phenoxy) is 1. The molecule has 6 heteroatoms. The lowest BCUT2D eigenvalue weighted by Crippen LogP contribution is -2.45. The van der Waals surface area contributed by atoms with Gasteiger partial charge in [-0.3, -0.25) is 9.59 Å². The van der Waals surface area contributed by atoms with E-state index >= 15 is 0 Å². The lowest BCUT2D eigenvalue weighted by molar-refractivity contribution is -0.125. The van der Waals surface area contributed by atoms with Crippen LogP contribution in [0.15, 0.2) is 24.3 Å². The fourth-order valence-electron chi connectivity index (χ4n) is 3.18. The van der Waals surface area contributed by atoms with Crippen LogP contribution < -0.4 is 10.6 Å². The van der Waals surface area contributed by atoms with E-state index < -0.39 is 5.97 Å². The van der Waals surface area contributed by atoms with Gasteiger partial charge in [-0.25, -0.2) is 4.79 Å². The summed E-state index contributed by atoms with van der Waals surface area (Å²) in [7, 11) is 0. The largest absolute Gasteiger partial charge is 0.452 e. The summed E-state index contributed by atoms with van der Waals surface area (Å²) in [6.07, 6.45) is 3.25. The van der Waals surface area contributed by atoms with E-state index in [1.807, 2.05) is 0 Å². The molecule has 2 N–H and O–H groups in total. The first-order chi connectivity index (χ1) is 11.9. The van der Waals surface area contributed by atoms with Crippen LogP contribution in [0.2, 0.25) is 0 Å². The summed E-state index contributed by atoms with van der Waals surface area (Å²) in [4.78, 5) is 35.2. The number of rotatable bonds is 5. The lowest BCUT2D eigenvalue weighted by Gasteiger charge is -2.34. The average molecular weight is 346 g/mol. The molecular weight excluding hydrogens is 320 g/mol. The first kappa shape index (κ1) is 19.0. The number of anilines is 1. The topological polar surface area (TPSA) is 84.5 Å². The third-order valence-corrected chi connectivity index (χ3v) is 4.81. The molecule has 2 rings (SSSR count). The number of amides is 2. The monoisotopic (exact) mass is 346 g/mol. The van der Waals surface area contributed by atoms with Gasteiger partial charge in [0.25, 0.3) is 5.91 Å². The highest BCUT2D eigenvalue weighted by atomic mass is 16.5. The quantitative estimate of drug-likeness (QED) is 0.803. The second kappa shape index (κ2) is 8.65. The van der Waals surface area contributed by atoms with Crippen LogP contribution in [0.5, 0.6) is 0 Å². The standard InChI is InChI=1S/C19H26N2O4/c1-12-6-4-9-17(13(12)2)21-18(23)11-25-19(24)15-7-5-8-16(10-15)20-14(3)22/h5,7-8,10,12-13,17H,4,6,9,11H2,1-3H3,(H,20,22)(H,21,23)/t12-,13-,17+/m0/s1. The number of hydrogen-bond donors (Lipinski definition) is 2. The summed E-state index contributed by atoms with van der Waals surface area (Å²) in [5.41, 5.74) is 0.801. The fourth-order valence-corrected chi connectivity index (χ4v) is 3.18. The molecule has 1 fully saturated rings. The van der Waals surface area contributed by atoms with E-state index in [9.17, 15) is 14.4 Å². The molecule has 136 valence electrons. The first-order valence-corrected chi connectivity index (χ1v) is 8.71. The van der Waals surface area contributed by atoms with Gasteiger partial charge in [-0.2, -0.15) is 0 Å². The van der Waals surface area contributed by atoms with Gasteiger partial charge in [-0.1, -0.05) is 32.8 Å². The van der Waals surface area contributed by atoms with Crippen molar-refractivity contribution in [3.05, 3.63) is 29.8 Å². The van der Waals surface area contributed by atoms with Gasteiger partial charge in [0.15, 0.2) is 6.61 Å². The zero-order valence-electron chi connectivity index (χ0n) is 15.0. The van der Waals surface area contributed by atoms with Gasteiger partial charge < -0.3 is 15.4 Å². The number of esters is 1. The van der Waals surface area contributed by atoms with E-state index in [0.29, 0.717) is 23.1 Å². The molecule has 0 saturated heterocycles. The van der Waals surface area contributed by atoms with Crippen molar-refractivity contribution in [3.63, 3.8) is 0 Å². The van der Waals surface area contributed by atoms with Crippen molar-refractivity contribution in [2.45, 2.75) is 46.1 Å². The molecule has 0 unspecified atom stereocenters. The van der Waals surface area contributed by atoms with Gasteiger partial charge in [0.05, 0.1) is 5.56 Å². The SMILES string of the molecule is CC(=O)Nc1cccc(C(=O)OCC(=O)N[C@@H]2CCC[C@H](C)[C@@H]2C)c1. The van der Waals surface area contributed by atoms with Crippen molar-refractivity contribution in [1.82, 2.24) is 5.32 Å². The number of benzene rings is 1. The first-order valence-electron chi connectivity index (χ1n) is 8.71. The predicted octanol–water partition coefficient (Wildman–Crippen LogP) is 2.74. The number of carbonyl (C=O) groups is 3. The van der Waals surface area contributed by atoms with Crippen molar-refractivity contribution in [2.75, 3.05) is 11.9 Å². The summed E-state index contributed by atoms with van der Waals surface area (Å²) in [6, 6.07) is 6.56. The molecule has 1 aliphatic carbocycles. The zero-order chi connectivity index (χ0) is 18.4. The molecule has 0 bridgehead atoms. The summed E-state index contributed by atoms with van der Waals surface area (Å²) < 4.78 is 5.09. The Hall–Kier alpha value is -2.37. The molecule has 0 heterocycles. The smallest absolute Gasteiger partial charge is 0.338 e. The van der Waals surface area contributed by atoms with Gasteiger partial charge >= 0.3 is 5.97 Å². The molecular formula is C19H26N2O4. The molecule has 1 aliphatic rings. The molecule has 3 atom stereocenters. The number of hydrogen-bond acceptors (Lipinski definition) is 4. The van der Waals surface area contributed by atoms with Gasteiger partial charge in [0.2, 0.25) is 5.91 Å². The highest BCUT2D eigenvalue weighted by Crippen LogP contribution is 2.29. The Morgan fingerprint density at radius 1 is 1.20 bits per heavy atom. The molecule has 2 amide bonds. The summed E-state index contributed by atoms with van der Waals surface area (Å²) in [6.45, 7) is 5.43. The Kier molecular flexibility index (Phi) is 6.56. The number of carbonyl (C=O) groups excluding carboxylic acids is 3. The van der Waals surface area contributed by atoms with Crippen LogP contribution in [-0.2, 0) is 14.3 Å². The summed E-state index contributed by atoms with van der Waals surface area (Å²) in [5.74, 6) is -0.0914. The van der Waals surface area contributed by atoms with E-state index in [0.717, 1.165) is 12.8 Å². The Morgan fingerprint density at radius 3 is 2.68 bits per heavy atom. The Balaban J connectivity index is 1.85. The van der Waals surface area contributed by atoms with Crippen LogP contribution in [-0.4, -0.2) is 30.4 Å². The average Bonchev–Trinajstić information content (AvgIpc) is 2.56. The molecule has 1 aromatic carbocycles. The maximum atomic E-state index is 12.1. The van der Waals surface area contributed by atoms with Crippen molar-refractivity contribution in [3.8, 4) is 0 Å². The molecule has 1 saturated carbocycles. The van der Waals surface area contributed by atoms with Crippen molar-refractivity contribution in [1.29, 1.82) is 0 Å². The zero-order valence-corrected chi connectivity index (χ0v) is 15.0. The van der Waals surface area contributed by atoms with E-state index in [4.69, 9.17) is 4.74 Å². The molecule has 0 spiro atoms. The van der Waals surface area contributed by atoms with E-state index in [2.05, 4.69) is 24.5 Å². The molecule has 0 radical (unpaired) electrons. The van der Waals surface area contributed by atoms with Gasteiger partial charge in [-0.05, 0) is 36.5 Å². The summed E-state index contributed by atoms with van der Waals surface area (Å²) >= 11 is 0. The summed E-state index contributed by atoms with van der Waals surface area (Å²) in [5, 5.41) is 5.57. The Morgan fingerprint density at radius 2 is 1.96 bits per heavy atom. The Bertz CT molecular complexity index is 644. The molecule has 6 nitrogen and oxygen atoms in total. The maximum absolute atomic E-state index is 12.1. The van der Waals surface area contributed by atoms with E-state index in [1.165, 1.54) is 19.4 Å². The van der Waals surface area contributed by atoms with Gasteiger partial charge in [0, 0.05) is 18.7 Å². The molecule has 0 aromatic heterocycles. The third kappa shape index (κ3) is 5.59. The molecule has 0 aliphatic heterocycles. The fraction of sp³-hybridized carbons (Fsp3) is 0.526. The Labute approximate surface area is 148 Å². The minimum Gasteiger partial charge on any atom is -0.452 e. The van der Waals surface area contributed by atoms with Crippen LogP contribution in [0.25, 0.3) is 0 Å². The number of nitrogens with one attached hydrogen (secondary N) is 2. The highest BCUT2D eigenvalue weighted by Gasteiger charge is 2.28. The maximum Gasteiger partial charge on any atom is 0.338 e. The third-order valence-electron chi connectivity index (χ3n) is 4.81. The van der Waals surface area contributed by atoms with Crippen molar-refractivity contribution >= 4 is 23.5 Å². The van der Waals surface area contributed by atoms with Crippen LogP contribution in [0, 0.1) is 11.8 Å².